The van der Waals surface area contributed by atoms with Gasteiger partial charge in [0.2, 0.25) is 0 Å². The monoisotopic (exact) mass is 315 g/mol. The van der Waals surface area contributed by atoms with Gasteiger partial charge in [0.15, 0.2) is 0 Å². The highest BCUT2D eigenvalue weighted by atomic mass is 35.5. The Bertz CT molecular complexity index is 853. The lowest BCUT2D eigenvalue weighted by Gasteiger charge is -1.98. The van der Waals surface area contributed by atoms with E-state index < -0.39 is 11.2 Å². The third-order valence-electron chi connectivity index (χ3n) is 2.43. The molecule has 0 unspecified atom stereocenters. The number of rotatable bonds is 1. The minimum Gasteiger partial charge on any atom is -0.274 e. The Hall–Kier alpha value is -1.63. The van der Waals surface area contributed by atoms with Gasteiger partial charge in [0.1, 0.15) is 9.83 Å². The van der Waals surface area contributed by atoms with E-state index in [0.717, 1.165) is 10.2 Å². The van der Waals surface area contributed by atoms with Crippen LogP contribution in [0.15, 0.2) is 40.2 Å². The summed E-state index contributed by atoms with van der Waals surface area (Å²) in [5.41, 5.74) is -0.904. The minimum absolute atomic E-state index is 0. The van der Waals surface area contributed by atoms with Crippen molar-refractivity contribution in [3.63, 3.8) is 0 Å². The maximum absolute atomic E-state index is 11.7. The predicted octanol–water partition coefficient (Wildman–Crippen LogP) is 2.21. The van der Waals surface area contributed by atoms with Gasteiger partial charge in [-0.3, -0.25) is 14.3 Å². The van der Waals surface area contributed by atoms with E-state index in [1.807, 2.05) is 0 Å². The molecule has 0 aromatic carbocycles. The number of halogens is 2. The van der Waals surface area contributed by atoms with Gasteiger partial charge in [-0.15, -0.1) is 12.4 Å². The molecule has 0 aliphatic heterocycles. The molecule has 0 saturated carbocycles. The lowest BCUT2D eigenvalue weighted by molar-refractivity contribution is 0.910. The van der Waals surface area contributed by atoms with Gasteiger partial charge in [-0.05, 0) is 12.1 Å². The number of hydrogen-bond donors (Lipinski definition) is 1. The second kappa shape index (κ2) is 5.16. The van der Waals surface area contributed by atoms with Crippen LogP contribution in [-0.4, -0.2) is 14.5 Å². The van der Waals surface area contributed by atoms with Crippen molar-refractivity contribution in [3.8, 4) is 5.00 Å². The Morgan fingerprint density at radius 3 is 2.79 bits per heavy atom. The second-order valence-corrected chi connectivity index (χ2v) is 4.99. The number of fused-ring (bicyclic) bond motifs is 1. The summed E-state index contributed by atoms with van der Waals surface area (Å²) in [7, 11) is 0. The van der Waals surface area contributed by atoms with E-state index in [2.05, 4.69) is 9.97 Å². The average molecular weight is 316 g/mol. The standard InChI is InChI=1S/C11H6ClN3O2S.ClH/c12-7-1-3-13-10-6(7)5-9(18-10)15-4-2-8(16)14-11(15)17;/h1-5H,(H,14,16,17);1H. The molecule has 0 aliphatic rings. The Labute approximate surface area is 121 Å². The molecular weight excluding hydrogens is 309 g/mol. The number of hydrogen-bond acceptors (Lipinski definition) is 4. The van der Waals surface area contributed by atoms with E-state index in [4.69, 9.17) is 11.6 Å². The SMILES string of the molecule is Cl.O=c1ccn(-c2cc3c(Cl)ccnc3s2)c(=O)[nH]1. The van der Waals surface area contributed by atoms with Crippen molar-refractivity contribution in [2.45, 2.75) is 0 Å². The summed E-state index contributed by atoms with van der Waals surface area (Å²) in [4.78, 5) is 29.8. The van der Waals surface area contributed by atoms with Crippen LogP contribution >= 0.6 is 35.3 Å². The molecule has 3 aromatic rings. The van der Waals surface area contributed by atoms with Gasteiger partial charge in [-0.1, -0.05) is 22.9 Å². The van der Waals surface area contributed by atoms with Gasteiger partial charge >= 0.3 is 5.69 Å². The molecular formula is C11H7Cl2N3O2S. The summed E-state index contributed by atoms with van der Waals surface area (Å²) in [6.07, 6.45) is 3.04. The van der Waals surface area contributed by atoms with E-state index in [9.17, 15) is 9.59 Å². The van der Waals surface area contributed by atoms with Crippen molar-refractivity contribution in [2.24, 2.45) is 0 Å². The summed E-state index contributed by atoms with van der Waals surface area (Å²) in [5.74, 6) is 0. The molecule has 5 nitrogen and oxygen atoms in total. The van der Waals surface area contributed by atoms with Crippen molar-refractivity contribution in [1.29, 1.82) is 0 Å². The van der Waals surface area contributed by atoms with Crippen molar-refractivity contribution in [2.75, 3.05) is 0 Å². The first-order chi connectivity index (χ1) is 8.65. The van der Waals surface area contributed by atoms with Gasteiger partial charge < -0.3 is 0 Å². The third kappa shape index (κ3) is 2.42. The van der Waals surface area contributed by atoms with Crippen LogP contribution in [0, 0.1) is 0 Å². The lowest BCUT2D eigenvalue weighted by atomic mass is 10.3. The first-order valence-corrected chi connectivity index (χ1v) is 6.21. The number of pyridine rings is 1. The van der Waals surface area contributed by atoms with Crippen molar-refractivity contribution in [3.05, 3.63) is 56.5 Å². The average Bonchev–Trinajstić information content (AvgIpc) is 2.74. The van der Waals surface area contributed by atoms with E-state index in [1.54, 1.807) is 18.3 Å². The smallest absolute Gasteiger partial charge is 0.274 e. The molecule has 0 saturated heterocycles. The van der Waals surface area contributed by atoms with E-state index in [0.29, 0.717) is 10.0 Å². The van der Waals surface area contributed by atoms with Crippen molar-refractivity contribution >= 4 is 45.6 Å². The van der Waals surface area contributed by atoms with E-state index in [-0.39, 0.29) is 12.4 Å². The van der Waals surface area contributed by atoms with Gasteiger partial charge in [0.05, 0.1) is 5.02 Å². The van der Waals surface area contributed by atoms with Gasteiger partial charge in [-0.2, -0.15) is 0 Å². The summed E-state index contributed by atoms with van der Waals surface area (Å²) in [5, 5.41) is 2.03. The van der Waals surface area contributed by atoms with E-state index in [1.165, 1.54) is 28.2 Å². The second-order valence-electron chi connectivity index (χ2n) is 3.58. The number of aromatic nitrogens is 3. The first kappa shape index (κ1) is 13.8. The molecule has 0 radical (unpaired) electrons. The molecule has 0 spiro atoms. The van der Waals surface area contributed by atoms with Crippen LogP contribution < -0.4 is 11.2 Å². The largest absolute Gasteiger partial charge is 0.333 e. The molecule has 3 rings (SSSR count). The van der Waals surface area contributed by atoms with Crippen LogP contribution in [0.2, 0.25) is 5.02 Å². The zero-order valence-electron chi connectivity index (χ0n) is 9.29. The van der Waals surface area contributed by atoms with Crippen LogP contribution in [0.5, 0.6) is 0 Å². The third-order valence-corrected chi connectivity index (χ3v) is 3.80. The highest BCUT2D eigenvalue weighted by molar-refractivity contribution is 7.21. The van der Waals surface area contributed by atoms with E-state index >= 15 is 0 Å². The van der Waals surface area contributed by atoms with Crippen LogP contribution in [-0.2, 0) is 0 Å². The maximum Gasteiger partial charge on any atom is 0.333 e. The maximum atomic E-state index is 11.7. The molecule has 0 aliphatic carbocycles. The number of nitrogens with one attached hydrogen (secondary N) is 1. The van der Waals surface area contributed by atoms with Gasteiger partial charge in [0.25, 0.3) is 5.56 Å². The van der Waals surface area contributed by atoms with Crippen LogP contribution in [0.1, 0.15) is 0 Å². The number of nitrogens with zero attached hydrogens (tertiary/aromatic N) is 2. The molecule has 0 fully saturated rings. The summed E-state index contributed by atoms with van der Waals surface area (Å²) < 4.78 is 1.35. The molecule has 0 bridgehead atoms. The topological polar surface area (TPSA) is 67.8 Å². The molecule has 3 heterocycles. The Morgan fingerprint density at radius 2 is 2.11 bits per heavy atom. The molecule has 8 heteroatoms. The molecule has 98 valence electrons. The van der Waals surface area contributed by atoms with Crippen molar-refractivity contribution in [1.82, 2.24) is 14.5 Å². The Kier molecular flexibility index (Phi) is 3.75. The van der Waals surface area contributed by atoms with Crippen LogP contribution in [0.4, 0.5) is 0 Å². The minimum atomic E-state index is -0.481. The number of aromatic amines is 1. The fourth-order valence-electron chi connectivity index (χ4n) is 1.61. The normalized spacial score (nSPS) is 10.4. The predicted molar refractivity (Wildman–Crippen MR) is 78.1 cm³/mol. The molecule has 19 heavy (non-hydrogen) atoms. The van der Waals surface area contributed by atoms with Crippen LogP contribution in [0.25, 0.3) is 15.2 Å². The highest BCUT2D eigenvalue weighted by Gasteiger charge is 2.08. The fraction of sp³-hybridized carbons (Fsp3) is 0. The van der Waals surface area contributed by atoms with Gasteiger partial charge in [-0.25, -0.2) is 9.78 Å². The molecule has 0 atom stereocenters. The number of thiophene rings is 1. The number of H-pyrrole nitrogens is 1. The molecule has 3 aromatic heterocycles. The molecule has 1 N–H and O–H groups in total. The Balaban J connectivity index is 0.00000133. The van der Waals surface area contributed by atoms with Crippen LogP contribution in [0.3, 0.4) is 0 Å². The zero-order chi connectivity index (χ0) is 12.7. The highest BCUT2D eigenvalue weighted by Crippen LogP contribution is 2.30. The van der Waals surface area contributed by atoms with Crippen molar-refractivity contribution < 1.29 is 0 Å². The summed E-state index contributed by atoms with van der Waals surface area (Å²) in [6, 6.07) is 4.76. The summed E-state index contributed by atoms with van der Waals surface area (Å²) >= 11 is 7.37. The molecule has 0 amide bonds. The quantitative estimate of drug-likeness (QED) is 0.748. The van der Waals surface area contributed by atoms with Gasteiger partial charge in [0, 0.05) is 23.8 Å². The first-order valence-electron chi connectivity index (χ1n) is 5.01. The fourth-order valence-corrected chi connectivity index (χ4v) is 2.87. The Morgan fingerprint density at radius 1 is 1.32 bits per heavy atom. The lowest BCUT2D eigenvalue weighted by Crippen LogP contribution is -2.26. The summed E-state index contributed by atoms with van der Waals surface area (Å²) in [6.45, 7) is 0. The zero-order valence-corrected chi connectivity index (χ0v) is 11.7.